The van der Waals surface area contributed by atoms with Gasteiger partial charge < -0.3 is 14.5 Å². The second-order valence-corrected chi connectivity index (χ2v) is 17.8. The number of hydrogen-bond acceptors (Lipinski definition) is 5. The number of rotatable bonds is 9. The number of carbonyl (C=O) groups excluding carboxylic acids is 3. The molecular formula is C36H43N3O5Si. The third kappa shape index (κ3) is 7.90. The summed E-state index contributed by atoms with van der Waals surface area (Å²) in [5.74, 6) is -1.66. The quantitative estimate of drug-likeness (QED) is 0.189. The fourth-order valence-corrected chi connectivity index (χ4v) is 5.63. The lowest BCUT2D eigenvalue weighted by molar-refractivity contribution is -0.113. The van der Waals surface area contributed by atoms with Gasteiger partial charge in [-0.2, -0.15) is 4.99 Å². The highest BCUT2D eigenvalue weighted by molar-refractivity contribution is 6.74. The summed E-state index contributed by atoms with van der Waals surface area (Å²) in [4.78, 5) is 47.3. The van der Waals surface area contributed by atoms with E-state index in [2.05, 4.69) is 49.2 Å². The van der Waals surface area contributed by atoms with Gasteiger partial charge in [0.15, 0.2) is 14.4 Å². The molecule has 0 aromatic heterocycles. The molecule has 1 aliphatic rings. The highest BCUT2D eigenvalue weighted by Gasteiger charge is 2.37. The molecule has 9 heteroatoms. The van der Waals surface area contributed by atoms with Gasteiger partial charge in [0.05, 0.1) is 6.61 Å². The van der Waals surface area contributed by atoms with E-state index < -0.39 is 32.3 Å². The number of nitrogens with one attached hydrogen (secondary N) is 1. The van der Waals surface area contributed by atoms with Gasteiger partial charge in [0.2, 0.25) is 0 Å². The Hall–Kier alpha value is -4.21. The number of aliphatic imine (C=N–C) groups is 2. The summed E-state index contributed by atoms with van der Waals surface area (Å²) in [6.45, 7) is 16.6. The molecule has 0 saturated carbocycles. The Morgan fingerprint density at radius 3 is 1.98 bits per heavy atom. The van der Waals surface area contributed by atoms with Crippen molar-refractivity contribution in [2.75, 3.05) is 5.32 Å². The molecule has 1 N–H and O–H groups in total. The van der Waals surface area contributed by atoms with Crippen LogP contribution in [0.1, 0.15) is 70.8 Å². The zero-order valence-corrected chi connectivity index (χ0v) is 28.4. The van der Waals surface area contributed by atoms with E-state index in [0.717, 1.165) is 27.8 Å². The van der Waals surface area contributed by atoms with E-state index in [9.17, 15) is 14.4 Å². The number of hydrogen-bond donors (Lipinski definition) is 1. The predicted octanol–water partition coefficient (Wildman–Crippen LogP) is 8.53. The molecule has 236 valence electrons. The van der Waals surface area contributed by atoms with Gasteiger partial charge in [-0.1, -0.05) is 95.3 Å². The van der Waals surface area contributed by atoms with Crippen LogP contribution in [0, 0.1) is 5.92 Å². The Kier molecular flexibility index (Phi) is 10.3. The lowest BCUT2D eigenvalue weighted by atomic mass is 10.0. The number of ether oxygens (including phenoxy) is 1. The van der Waals surface area contributed by atoms with Crippen LogP contribution in [-0.2, 0) is 25.4 Å². The van der Waals surface area contributed by atoms with Gasteiger partial charge in [0.1, 0.15) is 11.4 Å². The molecule has 1 aliphatic carbocycles. The first kappa shape index (κ1) is 33.7. The van der Waals surface area contributed by atoms with Crippen molar-refractivity contribution in [2.45, 2.75) is 78.8 Å². The largest absolute Gasteiger partial charge is 0.435 e. The topological polar surface area (TPSA) is 106 Å². The number of nitrogens with zero attached hydrogens (tertiary/aromatic N) is 2. The molecule has 45 heavy (non-hydrogen) atoms. The molecule has 0 radical (unpaired) electrons. The fraction of sp³-hybridized carbons (Fsp3) is 0.361. The number of carbonyl (C=O) groups is 3. The van der Waals surface area contributed by atoms with Crippen LogP contribution < -0.4 is 5.32 Å². The lowest BCUT2D eigenvalue weighted by Crippen LogP contribution is -2.40. The number of fused-ring (bicyclic) bond motifs is 3. The summed E-state index contributed by atoms with van der Waals surface area (Å²) in [6.07, 6.45) is -0.979. The Balaban J connectivity index is 1.44. The van der Waals surface area contributed by atoms with Crippen molar-refractivity contribution in [3.8, 4) is 11.1 Å². The van der Waals surface area contributed by atoms with E-state index >= 15 is 0 Å². The van der Waals surface area contributed by atoms with Crippen molar-refractivity contribution in [3.63, 3.8) is 0 Å². The summed E-state index contributed by atoms with van der Waals surface area (Å²) in [7, 11) is -1.88. The summed E-state index contributed by atoms with van der Waals surface area (Å²) in [5.41, 5.74) is 5.18. The van der Waals surface area contributed by atoms with Crippen LogP contribution in [-0.4, -0.2) is 37.6 Å². The summed E-state index contributed by atoms with van der Waals surface area (Å²) in [6, 6.07) is 22.9. The average molecular weight is 626 g/mol. The van der Waals surface area contributed by atoms with E-state index in [4.69, 9.17) is 9.16 Å². The van der Waals surface area contributed by atoms with Crippen LogP contribution >= 0.6 is 0 Å². The van der Waals surface area contributed by atoms with E-state index in [0.29, 0.717) is 18.7 Å². The molecular weight excluding hydrogens is 582 g/mol. The average Bonchev–Trinajstić information content (AvgIpc) is 3.31. The van der Waals surface area contributed by atoms with E-state index in [1.54, 1.807) is 19.1 Å². The van der Waals surface area contributed by atoms with Crippen molar-refractivity contribution < 1.29 is 23.5 Å². The van der Waals surface area contributed by atoms with Crippen LogP contribution in [0.25, 0.3) is 11.1 Å². The monoisotopic (exact) mass is 625 g/mol. The molecule has 0 spiro atoms. The third-order valence-corrected chi connectivity index (χ3v) is 13.2. The Labute approximate surface area is 267 Å². The SMILES string of the molecule is CC[C@H](C)C(=NC(=O)OC1c2ccccc2-c2ccccc21)C(=O)N=C(C)C(=O)Nc1ccc(CO[Si](C)(C)C(C)(C)C)cc1. The zero-order valence-electron chi connectivity index (χ0n) is 27.4. The maximum absolute atomic E-state index is 13.2. The molecule has 1 atom stereocenters. The van der Waals surface area contributed by atoms with E-state index in [1.165, 1.54) is 6.92 Å². The van der Waals surface area contributed by atoms with Crippen molar-refractivity contribution in [1.82, 2.24) is 0 Å². The summed E-state index contributed by atoms with van der Waals surface area (Å²) < 4.78 is 12.1. The highest BCUT2D eigenvalue weighted by Crippen LogP contribution is 2.45. The van der Waals surface area contributed by atoms with Crippen molar-refractivity contribution in [2.24, 2.45) is 15.9 Å². The Morgan fingerprint density at radius 2 is 1.44 bits per heavy atom. The molecule has 3 aromatic carbocycles. The van der Waals surface area contributed by atoms with Crippen LogP contribution in [0.2, 0.25) is 18.1 Å². The molecule has 8 nitrogen and oxygen atoms in total. The minimum absolute atomic E-state index is 0.0478. The van der Waals surface area contributed by atoms with Crippen molar-refractivity contribution in [1.29, 1.82) is 0 Å². The zero-order chi connectivity index (χ0) is 32.9. The first-order valence-electron chi connectivity index (χ1n) is 15.3. The molecule has 4 rings (SSSR count). The Morgan fingerprint density at radius 1 is 0.889 bits per heavy atom. The lowest BCUT2D eigenvalue weighted by Gasteiger charge is -2.36. The van der Waals surface area contributed by atoms with Gasteiger partial charge in [-0.15, -0.1) is 0 Å². The normalized spacial score (nSPS) is 14.4. The molecule has 0 saturated heterocycles. The minimum atomic E-state index is -1.88. The minimum Gasteiger partial charge on any atom is -0.435 e. The molecule has 3 aromatic rings. The molecule has 3 amide bonds. The third-order valence-electron chi connectivity index (χ3n) is 8.72. The van der Waals surface area contributed by atoms with Crippen molar-refractivity contribution in [3.05, 3.63) is 89.5 Å². The van der Waals surface area contributed by atoms with Gasteiger partial charge in [-0.3, -0.25) is 9.59 Å². The van der Waals surface area contributed by atoms with E-state index in [1.807, 2.05) is 67.6 Å². The number of anilines is 1. The maximum atomic E-state index is 13.2. The first-order chi connectivity index (χ1) is 21.2. The van der Waals surface area contributed by atoms with Gasteiger partial charge in [-0.25, -0.2) is 9.79 Å². The molecule has 0 bridgehead atoms. The van der Waals surface area contributed by atoms with Crippen LogP contribution in [0.4, 0.5) is 10.5 Å². The smallest absolute Gasteiger partial charge is 0.434 e. The van der Waals surface area contributed by atoms with Gasteiger partial charge in [0, 0.05) is 22.7 Å². The Bertz CT molecular complexity index is 1590. The second-order valence-electron chi connectivity index (χ2n) is 12.9. The van der Waals surface area contributed by atoms with Crippen LogP contribution in [0.3, 0.4) is 0 Å². The molecule has 0 heterocycles. The molecule has 0 unspecified atom stereocenters. The fourth-order valence-electron chi connectivity index (χ4n) is 4.67. The molecule has 0 fully saturated rings. The molecule has 0 aliphatic heterocycles. The second kappa shape index (κ2) is 13.8. The predicted molar refractivity (Wildman–Crippen MR) is 182 cm³/mol. The van der Waals surface area contributed by atoms with E-state index in [-0.39, 0.29) is 22.4 Å². The summed E-state index contributed by atoms with van der Waals surface area (Å²) >= 11 is 0. The number of amides is 3. The van der Waals surface area contributed by atoms with Crippen LogP contribution in [0.15, 0.2) is 82.8 Å². The summed E-state index contributed by atoms with van der Waals surface area (Å²) in [5, 5.41) is 2.89. The van der Waals surface area contributed by atoms with Crippen molar-refractivity contribution >= 4 is 43.3 Å². The van der Waals surface area contributed by atoms with Gasteiger partial charge in [0.25, 0.3) is 11.8 Å². The standard InChI is InChI=1S/C36H43N3O5Si/c1-9-23(2)31(39-35(42)44-32-29-16-12-10-14-27(29)28-15-11-13-17-30(28)32)34(41)37-24(3)33(40)38-26-20-18-25(19-21-26)22-43-45(7,8)36(4,5)6/h10-21,23,32H,9,22H2,1-8H3,(H,38,40)/t23-/m0/s1. The van der Waals surface area contributed by atoms with Gasteiger partial charge >= 0.3 is 6.09 Å². The number of benzene rings is 3. The maximum Gasteiger partial charge on any atom is 0.434 e. The first-order valence-corrected chi connectivity index (χ1v) is 18.2. The van der Waals surface area contributed by atoms with Crippen LogP contribution in [0.5, 0.6) is 0 Å². The highest BCUT2D eigenvalue weighted by atomic mass is 28.4. The van der Waals surface area contributed by atoms with Gasteiger partial charge in [-0.05, 0) is 60.3 Å².